The van der Waals surface area contributed by atoms with E-state index in [-0.39, 0.29) is 5.56 Å². The fourth-order valence-corrected chi connectivity index (χ4v) is 3.44. The van der Waals surface area contributed by atoms with Crippen molar-refractivity contribution in [2.45, 2.75) is 12.5 Å². The Labute approximate surface area is 110 Å². The average molecular weight is 319 g/mol. The molecule has 90 valence electrons. The zero-order valence-electron chi connectivity index (χ0n) is 8.88. The van der Waals surface area contributed by atoms with Crippen molar-refractivity contribution in [3.05, 3.63) is 56.2 Å². The third kappa shape index (κ3) is 2.14. The molecule has 1 aromatic heterocycles. The molecule has 0 saturated carbocycles. The molecule has 0 radical (unpaired) electrons. The second kappa shape index (κ2) is 4.48. The minimum absolute atomic E-state index is 0.0726. The summed E-state index contributed by atoms with van der Waals surface area (Å²) < 4.78 is 27.5. The van der Waals surface area contributed by atoms with E-state index in [1.165, 1.54) is 30.4 Å². The van der Waals surface area contributed by atoms with Crippen LogP contribution < -0.4 is 0 Å². The van der Waals surface area contributed by atoms with Gasteiger partial charge in [0.2, 0.25) is 0 Å². The quantitative estimate of drug-likeness (QED) is 0.885. The second-order valence-corrected chi connectivity index (χ2v) is 5.40. The van der Waals surface area contributed by atoms with E-state index in [0.717, 1.165) is 6.07 Å². The first-order valence-corrected chi connectivity index (χ1v) is 6.57. The SMILES string of the molecule is CC(O)(c1cscc1Br)c1cccc(F)c1F. The maximum Gasteiger partial charge on any atom is 0.165 e. The molecule has 2 rings (SSSR count). The number of rotatable bonds is 2. The van der Waals surface area contributed by atoms with Gasteiger partial charge in [0, 0.05) is 21.0 Å². The van der Waals surface area contributed by atoms with Gasteiger partial charge in [-0.25, -0.2) is 8.78 Å². The van der Waals surface area contributed by atoms with Crippen molar-refractivity contribution in [1.29, 1.82) is 0 Å². The van der Waals surface area contributed by atoms with Gasteiger partial charge in [0.05, 0.1) is 0 Å². The Morgan fingerprint density at radius 1 is 1.24 bits per heavy atom. The molecule has 0 aliphatic carbocycles. The smallest absolute Gasteiger partial charge is 0.165 e. The van der Waals surface area contributed by atoms with Gasteiger partial charge >= 0.3 is 0 Å². The van der Waals surface area contributed by atoms with Gasteiger partial charge < -0.3 is 5.11 Å². The van der Waals surface area contributed by atoms with Gasteiger partial charge in [0.25, 0.3) is 0 Å². The number of aliphatic hydroxyl groups is 1. The van der Waals surface area contributed by atoms with Crippen molar-refractivity contribution >= 4 is 27.3 Å². The molecule has 1 atom stereocenters. The highest BCUT2D eigenvalue weighted by atomic mass is 79.9. The van der Waals surface area contributed by atoms with Crippen LogP contribution >= 0.6 is 27.3 Å². The topological polar surface area (TPSA) is 20.2 Å². The van der Waals surface area contributed by atoms with Crippen molar-refractivity contribution in [3.63, 3.8) is 0 Å². The minimum Gasteiger partial charge on any atom is -0.381 e. The third-order valence-corrected chi connectivity index (χ3v) is 4.32. The van der Waals surface area contributed by atoms with Crippen LogP contribution in [0.3, 0.4) is 0 Å². The fraction of sp³-hybridized carbons (Fsp3) is 0.167. The summed E-state index contributed by atoms with van der Waals surface area (Å²) >= 11 is 4.65. The molecule has 1 heterocycles. The van der Waals surface area contributed by atoms with Crippen molar-refractivity contribution in [2.24, 2.45) is 0 Å². The number of hydrogen-bond acceptors (Lipinski definition) is 2. The zero-order chi connectivity index (χ0) is 12.6. The van der Waals surface area contributed by atoms with E-state index in [1.54, 1.807) is 10.8 Å². The molecule has 0 aliphatic heterocycles. The van der Waals surface area contributed by atoms with Crippen LogP contribution in [0.15, 0.2) is 33.4 Å². The van der Waals surface area contributed by atoms with Crippen LogP contribution in [0, 0.1) is 11.6 Å². The fourth-order valence-electron chi connectivity index (χ4n) is 1.65. The van der Waals surface area contributed by atoms with E-state index in [2.05, 4.69) is 15.9 Å². The molecule has 5 heteroatoms. The Bertz CT molecular complexity index is 551. The Morgan fingerprint density at radius 2 is 1.94 bits per heavy atom. The summed E-state index contributed by atoms with van der Waals surface area (Å²) in [6.07, 6.45) is 0. The number of hydrogen-bond donors (Lipinski definition) is 1. The number of halogens is 3. The minimum atomic E-state index is -1.56. The monoisotopic (exact) mass is 318 g/mol. The lowest BCUT2D eigenvalue weighted by Gasteiger charge is -2.24. The number of thiophene rings is 1. The molecule has 1 unspecified atom stereocenters. The van der Waals surface area contributed by atoms with Crippen molar-refractivity contribution < 1.29 is 13.9 Å². The van der Waals surface area contributed by atoms with Crippen molar-refractivity contribution in [2.75, 3.05) is 0 Å². The molecule has 1 N–H and O–H groups in total. The molecule has 0 aliphatic rings. The maximum absolute atomic E-state index is 13.7. The van der Waals surface area contributed by atoms with Gasteiger partial charge in [0.15, 0.2) is 11.6 Å². The van der Waals surface area contributed by atoms with Crippen LogP contribution in [0.4, 0.5) is 8.78 Å². The molecule has 2 aromatic rings. The van der Waals surface area contributed by atoms with Gasteiger partial charge in [-0.1, -0.05) is 12.1 Å². The highest BCUT2D eigenvalue weighted by Gasteiger charge is 2.32. The third-order valence-electron chi connectivity index (χ3n) is 2.62. The van der Waals surface area contributed by atoms with E-state index < -0.39 is 17.2 Å². The van der Waals surface area contributed by atoms with E-state index in [9.17, 15) is 13.9 Å². The van der Waals surface area contributed by atoms with Crippen LogP contribution in [0.1, 0.15) is 18.1 Å². The summed E-state index contributed by atoms with van der Waals surface area (Å²) in [5, 5.41) is 13.9. The van der Waals surface area contributed by atoms with E-state index in [1.807, 2.05) is 0 Å². The maximum atomic E-state index is 13.7. The Morgan fingerprint density at radius 3 is 2.53 bits per heavy atom. The summed E-state index contributed by atoms with van der Waals surface area (Å²) in [5.41, 5.74) is -1.12. The highest BCUT2D eigenvalue weighted by Crippen LogP contribution is 2.37. The molecule has 0 spiro atoms. The molecule has 0 bridgehead atoms. The Hall–Kier alpha value is -0.780. The van der Waals surface area contributed by atoms with Gasteiger partial charge in [-0.05, 0) is 34.3 Å². The van der Waals surface area contributed by atoms with Crippen LogP contribution in [0.25, 0.3) is 0 Å². The first-order chi connectivity index (χ1) is 7.94. The van der Waals surface area contributed by atoms with Crippen LogP contribution in [-0.2, 0) is 5.60 Å². The first-order valence-electron chi connectivity index (χ1n) is 4.83. The molecule has 0 fully saturated rings. The van der Waals surface area contributed by atoms with Crippen molar-refractivity contribution in [3.8, 4) is 0 Å². The van der Waals surface area contributed by atoms with Gasteiger partial charge in [-0.15, -0.1) is 0 Å². The van der Waals surface area contributed by atoms with E-state index in [4.69, 9.17) is 0 Å². The Balaban J connectivity index is 2.60. The summed E-state index contributed by atoms with van der Waals surface area (Å²) in [7, 11) is 0. The lowest BCUT2D eigenvalue weighted by molar-refractivity contribution is 0.0967. The molecule has 1 aromatic carbocycles. The van der Waals surface area contributed by atoms with E-state index in [0.29, 0.717) is 10.0 Å². The first kappa shape index (κ1) is 12.7. The lowest BCUT2D eigenvalue weighted by atomic mass is 9.90. The number of benzene rings is 1. The van der Waals surface area contributed by atoms with Gasteiger partial charge in [-0.2, -0.15) is 11.3 Å². The lowest BCUT2D eigenvalue weighted by Crippen LogP contribution is -2.24. The highest BCUT2D eigenvalue weighted by molar-refractivity contribution is 9.10. The normalized spacial score (nSPS) is 14.6. The summed E-state index contributed by atoms with van der Waals surface area (Å²) in [5.74, 6) is -1.98. The molecule has 17 heavy (non-hydrogen) atoms. The predicted octanol–water partition coefficient (Wildman–Crippen LogP) is 4.04. The van der Waals surface area contributed by atoms with Crippen LogP contribution in [0.5, 0.6) is 0 Å². The standard InChI is InChI=1S/C12H9BrF2OS/c1-12(16,8-5-17-6-9(8)13)7-3-2-4-10(14)11(7)15/h2-6,16H,1H3. The van der Waals surface area contributed by atoms with Crippen molar-refractivity contribution in [1.82, 2.24) is 0 Å². The Kier molecular flexibility index (Phi) is 3.34. The molecular weight excluding hydrogens is 310 g/mol. The molecule has 1 nitrogen and oxygen atoms in total. The summed E-state index contributed by atoms with van der Waals surface area (Å²) in [6, 6.07) is 3.78. The van der Waals surface area contributed by atoms with Gasteiger partial charge in [-0.3, -0.25) is 0 Å². The summed E-state index contributed by atoms with van der Waals surface area (Å²) in [4.78, 5) is 0. The molecular formula is C12H9BrF2OS. The average Bonchev–Trinajstić information content (AvgIpc) is 2.69. The second-order valence-electron chi connectivity index (χ2n) is 3.81. The van der Waals surface area contributed by atoms with Crippen LogP contribution in [0.2, 0.25) is 0 Å². The molecule has 0 amide bonds. The van der Waals surface area contributed by atoms with Crippen LogP contribution in [-0.4, -0.2) is 5.11 Å². The van der Waals surface area contributed by atoms with Gasteiger partial charge in [0.1, 0.15) is 5.60 Å². The van der Waals surface area contributed by atoms with E-state index >= 15 is 0 Å². The zero-order valence-corrected chi connectivity index (χ0v) is 11.3. The summed E-state index contributed by atoms with van der Waals surface area (Å²) in [6.45, 7) is 1.44. The largest absolute Gasteiger partial charge is 0.381 e. The predicted molar refractivity (Wildman–Crippen MR) is 67.0 cm³/mol. The molecule has 0 saturated heterocycles.